The normalized spacial score (nSPS) is 17.4. The highest BCUT2D eigenvalue weighted by atomic mass is 16.5. The van der Waals surface area contributed by atoms with Crippen LogP contribution in [0, 0.1) is 0 Å². The summed E-state index contributed by atoms with van der Waals surface area (Å²) >= 11 is 0. The molecule has 14 heavy (non-hydrogen) atoms. The minimum absolute atomic E-state index is 0.869. The van der Waals surface area contributed by atoms with Crippen molar-refractivity contribution in [2.75, 3.05) is 46.1 Å². The van der Waals surface area contributed by atoms with E-state index in [1.54, 1.807) is 0 Å². The Bertz CT molecular complexity index is 103. The first-order valence-corrected chi connectivity index (χ1v) is 5.81. The third kappa shape index (κ3) is 7.30. The molecular weight excluding hydrogens is 178 g/mol. The lowest BCUT2D eigenvalue weighted by molar-refractivity contribution is 0.0205. The van der Waals surface area contributed by atoms with Crippen LogP contribution in [-0.2, 0) is 9.47 Å². The number of rotatable bonds is 5. The molecule has 86 valence electrons. The molecule has 1 fully saturated rings. The van der Waals surface area contributed by atoms with E-state index in [2.05, 4.69) is 11.8 Å². The van der Waals surface area contributed by atoms with Crippen LogP contribution in [0.3, 0.4) is 0 Å². The summed E-state index contributed by atoms with van der Waals surface area (Å²) < 4.78 is 10.6. The highest BCUT2D eigenvalue weighted by molar-refractivity contribution is 4.60. The fourth-order valence-corrected chi connectivity index (χ4v) is 1.26. The molecule has 0 aromatic heterocycles. The Morgan fingerprint density at radius 1 is 1.14 bits per heavy atom. The SMILES string of the molecule is CC.CCCOCCN1CCOCC1. The van der Waals surface area contributed by atoms with Gasteiger partial charge in [0.25, 0.3) is 0 Å². The van der Waals surface area contributed by atoms with Crippen molar-refractivity contribution < 1.29 is 9.47 Å². The van der Waals surface area contributed by atoms with Gasteiger partial charge in [-0.2, -0.15) is 0 Å². The van der Waals surface area contributed by atoms with Gasteiger partial charge in [-0.3, -0.25) is 4.90 Å². The van der Waals surface area contributed by atoms with Gasteiger partial charge in [0.1, 0.15) is 0 Å². The van der Waals surface area contributed by atoms with Gasteiger partial charge in [0.15, 0.2) is 0 Å². The number of hydrogen-bond acceptors (Lipinski definition) is 3. The van der Waals surface area contributed by atoms with Gasteiger partial charge in [-0.1, -0.05) is 20.8 Å². The van der Waals surface area contributed by atoms with Crippen LogP contribution < -0.4 is 0 Å². The fraction of sp³-hybridized carbons (Fsp3) is 1.00. The predicted molar refractivity (Wildman–Crippen MR) is 59.7 cm³/mol. The van der Waals surface area contributed by atoms with E-state index >= 15 is 0 Å². The first kappa shape index (κ1) is 13.9. The van der Waals surface area contributed by atoms with Crippen molar-refractivity contribution >= 4 is 0 Å². The predicted octanol–water partition coefficient (Wildman–Crippen LogP) is 1.77. The van der Waals surface area contributed by atoms with Crippen molar-refractivity contribution in [3.05, 3.63) is 0 Å². The standard InChI is InChI=1S/C9H19NO2.C2H6/c1-2-6-11-7-3-10-4-8-12-9-5-10;1-2/h2-9H2,1H3;1-2H3. The van der Waals surface area contributed by atoms with E-state index in [0.29, 0.717) is 0 Å². The molecule has 1 rings (SSSR count). The van der Waals surface area contributed by atoms with E-state index in [4.69, 9.17) is 9.47 Å². The average molecular weight is 203 g/mol. The topological polar surface area (TPSA) is 21.7 Å². The van der Waals surface area contributed by atoms with Crippen LogP contribution in [0.5, 0.6) is 0 Å². The van der Waals surface area contributed by atoms with Crippen molar-refractivity contribution in [2.45, 2.75) is 27.2 Å². The summed E-state index contributed by atoms with van der Waals surface area (Å²) in [4.78, 5) is 2.39. The molecule has 0 aromatic rings. The van der Waals surface area contributed by atoms with Crippen molar-refractivity contribution in [2.24, 2.45) is 0 Å². The number of morpholine rings is 1. The molecule has 0 bridgehead atoms. The van der Waals surface area contributed by atoms with Crippen LogP contribution in [-0.4, -0.2) is 51.0 Å². The van der Waals surface area contributed by atoms with E-state index in [1.165, 1.54) is 0 Å². The Labute approximate surface area is 88.4 Å². The molecule has 1 heterocycles. The van der Waals surface area contributed by atoms with Crippen molar-refractivity contribution in [3.8, 4) is 0 Å². The number of ether oxygens (including phenoxy) is 2. The van der Waals surface area contributed by atoms with Gasteiger partial charge in [0, 0.05) is 26.2 Å². The Morgan fingerprint density at radius 2 is 1.79 bits per heavy atom. The lowest BCUT2D eigenvalue weighted by atomic mass is 10.4. The molecule has 0 spiro atoms. The van der Waals surface area contributed by atoms with Gasteiger partial charge in [0.2, 0.25) is 0 Å². The fourth-order valence-electron chi connectivity index (χ4n) is 1.26. The molecule has 0 saturated carbocycles. The Morgan fingerprint density at radius 3 is 2.36 bits per heavy atom. The Kier molecular flexibility index (Phi) is 10.9. The van der Waals surface area contributed by atoms with Crippen LogP contribution in [0.1, 0.15) is 27.2 Å². The van der Waals surface area contributed by atoms with Gasteiger partial charge in [-0.25, -0.2) is 0 Å². The van der Waals surface area contributed by atoms with Gasteiger partial charge in [-0.15, -0.1) is 0 Å². The smallest absolute Gasteiger partial charge is 0.0594 e. The number of hydrogen-bond donors (Lipinski definition) is 0. The van der Waals surface area contributed by atoms with Crippen LogP contribution in [0.2, 0.25) is 0 Å². The van der Waals surface area contributed by atoms with Crippen molar-refractivity contribution in [1.82, 2.24) is 4.90 Å². The summed E-state index contributed by atoms with van der Waals surface area (Å²) in [6.07, 6.45) is 1.11. The largest absolute Gasteiger partial charge is 0.380 e. The third-order valence-corrected chi connectivity index (χ3v) is 2.00. The molecule has 0 amide bonds. The monoisotopic (exact) mass is 203 g/mol. The van der Waals surface area contributed by atoms with Crippen LogP contribution in [0.15, 0.2) is 0 Å². The van der Waals surface area contributed by atoms with Crippen LogP contribution >= 0.6 is 0 Å². The van der Waals surface area contributed by atoms with Crippen LogP contribution in [0.4, 0.5) is 0 Å². The molecule has 3 nitrogen and oxygen atoms in total. The van der Waals surface area contributed by atoms with Gasteiger partial charge in [-0.05, 0) is 6.42 Å². The molecular formula is C11H25NO2. The maximum absolute atomic E-state index is 5.40. The quantitative estimate of drug-likeness (QED) is 0.636. The second-order valence-electron chi connectivity index (χ2n) is 3.07. The average Bonchev–Trinajstić information content (AvgIpc) is 2.29. The Balaban J connectivity index is 0.000000791. The molecule has 0 aromatic carbocycles. The maximum atomic E-state index is 5.40. The second-order valence-corrected chi connectivity index (χ2v) is 3.07. The summed E-state index contributed by atoms with van der Waals surface area (Å²) in [6, 6.07) is 0. The second kappa shape index (κ2) is 11.0. The summed E-state index contributed by atoms with van der Waals surface area (Å²) in [5.74, 6) is 0. The van der Waals surface area contributed by atoms with Crippen molar-refractivity contribution in [1.29, 1.82) is 0 Å². The lowest BCUT2D eigenvalue weighted by Gasteiger charge is -2.26. The minimum atomic E-state index is 0.869. The molecule has 0 aliphatic carbocycles. The molecule has 1 aliphatic rings. The van der Waals surface area contributed by atoms with Crippen LogP contribution in [0.25, 0.3) is 0 Å². The highest BCUT2D eigenvalue weighted by Crippen LogP contribution is 1.95. The summed E-state index contributed by atoms with van der Waals surface area (Å²) in [5, 5.41) is 0. The molecule has 0 N–H and O–H groups in total. The highest BCUT2D eigenvalue weighted by Gasteiger charge is 2.08. The van der Waals surface area contributed by atoms with Gasteiger partial charge < -0.3 is 9.47 Å². The van der Waals surface area contributed by atoms with E-state index in [9.17, 15) is 0 Å². The minimum Gasteiger partial charge on any atom is -0.380 e. The lowest BCUT2D eigenvalue weighted by Crippen LogP contribution is -2.38. The zero-order valence-electron chi connectivity index (χ0n) is 9.92. The molecule has 0 radical (unpaired) electrons. The van der Waals surface area contributed by atoms with E-state index in [-0.39, 0.29) is 0 Å². The molecule has 1 aliphatic heterocycles. The molecule has 1 saturated heterocycles. The Hall–Kier alpha value is -0.120. The first-order valence-electron chi connectivity index (χ1n) is 5.81. The summed E-state index contributed by atoms with van der Waals surface area (Å²) in [7, 11) is 0. The zero-order chi connectivity index (χ0) is 10.6. The number of nitrogens with zero attached hydrogens (tertiary/aromatic N) is 1. The van der Waals surface area contributed by atoms with E-state index in [1.807, 2.05) is 13.8 Å². The van der Waals surface area contributed by atoms with E-state index in [0.717, 1.165) is 52.5 Å². The molecule has 0 unspecified atom stereocenters. The van der Waals surface area contributed by atoms with Gasteiger partial charge >= 0.3 is 0 Å². The molecule has 3 heteroatoms. The first-order chi connectivity index (χ1) is 6.93. The van der Waals surface area contributed by atoms with E-state index < -0.39 is 0 Å². The maximum Gasteiger partial charge on any atom is 0.0594 e. The summed E-state index contributed by atoms with van der Waals surface area (Å²) in [6.45, 7) is 12.9. The third-order valence-electron chi connectivity index (χ3n) is 2.00. The van der Waals surface area contributed by atoms with Crippen molar-refractivity contribution in [3.63, 3.8) is 0 Å². The molecule has 0 atom stereocenters. The summed E-state index contributed by atoms with van der Waals surface area (Å²) in [5.41, 5.74) is 0. The zero-order valence-corrected chi connectivity index (χ0v) is 9.92. The van der Waals surface area contributed by atoms with Gasteiger partial charge in [0.05, 0.1) is 19.8 Å².